The number of hydrogen-bond acceptors (Lipinski definition) is 2. The van der Waals surface area contributed by atoms with E-state index in [1.54, 1.807) is 0 Å². The van der Waals surface area contributed by atoms with Gasteiger partial charge in [-0.3, -0.25) is 0 Å². The molecule has 27 heavy (non-hydrogen) atoms. The van der Waals surface area contributed by atoms with Crippen molar-refractivity contribution in [3.63, 3.8) is 0 Å². The number of anilines is 1. The maximum atomic E-state index is 13.6. The molecule has 0 aromatic heterocycles. The van der Waals surface area contributed by atoms with Crippen molar-refractivity contribution in [2.75, 3.05) is 5.73 Å². The van der Waals surface area contributed by atoms with Gasteiger partial charge in [0.05, 0.1) is 5.56 Å². The molecule has 148 valence electrons. The number of nitrogens with two attached hydrogens (primary N) is 1. The first-order valence-electron chi connectivity index (χ1n) is 7.05. The van der Waals surface area contributed by atoms with E-state index in [4.69, 9.17) is 5.73 Å². The summed E-state index contributed by atoms with van der Waals surface area (Å²) >= 11 is 0. The molecule has 0 saturated heterocycles. The molecule has 0 spiro atoms. The highest BCUT2D eigenvalue weighted by atomic mass is 19.4. The first kappa shape index (κ1) is 20.7. The summed E-state index contributed by atoms with van der Waals surface area (Å²) in [6.45, 7) is 0. The van der Waals surface area contributed by atoms with Gasteiger partial charge in [0.1, 0.15) is 5.75 Å². The average molecular weight is 403 g/mol. The lowest BCUT2D eigenvalue weighted by Crippen LogP contribution is -2.58. The molecule has 0 fully saturated rings. The average Bonchev–Trinajstić information content (AvgIpc) is 2.51. The zero-order valence-corrected chi connectivity index (χ0v) is 13.0. The maximum Gasteiger partial charge on any atom is 0.442 e. The minimum absolute atomic E-state index is 0.00942. The molecular formula is C16H10F9NO. The molecule has 2 N–H and O–H groups in total. The van der Waals surface area contributed by atoms with E-state index in [9.17, 15) is 39.5 Å². The van der Waals surface area contributed by atoms with Crippen molar-refractivity contribution >= 4 is 5.69 Å². The second-order valence-corrected chi connectivity index (χ2v) is 5.39. The van der Waals surface area contributed by atoms with E-state index in [0.29, 0.717) is 24.3 Å². The first-order valence-corrected chi connectivity index (χ1v) is 7.05. The molecule has 2 nitrogen and oxygen atoms in total. The standard InChI is InChI=1S/C16H10F9NO/c17-14(18,19)11-8-10(6-7-12(11)26)27-13(15(20,21)22,16(23,24)25)9-4-2-1-3-5-9/h1-8H,26H2. The van der Waals surface area contributed by atoms with Crippen LogP contribution in [0.4, 0.5) is 45.2 Å². The molecule has 0 heterocycles. The molecule has 0 unspecified atom stereocenters. The summed E-state index contributed by atoms with van der Waals surface area (Å²) in [6, 6.07) is 5.03. The topological polar surface area (TPSA) is 35.2 Å². The van der Waals surface area contributed by atoms with Crippen molar-refractivity contribution in [1.82, 2.24) is 0 Å². The molecule has 2 rings (SSSR count). The normalized spacial score (nSPS) is 13.5. The van der Waals surface area contributed by atoms with Crippen LogP contribution in [0.3, 0.4) is 0 Å². The van der Waals surface area contributed by atoms with Crippen LogP contribution in [0, 0.1) is 0 Å². The van der Waals surface area contributed by atoms with Crippen LogP contribution in [-0.4, -0.2) is 12.4 Å². The second-order valence-electron chi connectivity index (χ2n) is 5.39. The van der Waals surface area contributed by atoms with Crippen LogP contribution < -0.4 is 10.5 Å². The molecule has 0 aliphatic heterocycles. The Balaban J connectivity index is 2.71. The third kappa shape index (κ3) is 3.76. The van der Waals surface area contributed by atoms with E-state index < -0.39 is 46.7 Å². The van der Waals surface area contributed by atoms with Crippen molar-refractivity contribution in [2.45, 2.75) is 24.1 Å². The Hall–Kier alpha value is -2.59. The Labute approximate surface area is 146 Å². The quantitative estimate of drug-likeness (QED) is 0.528. The van der Waals surface area contributed by atoms with Gasteiger partial charge in [-0.2, -0.15) is 39.5 Å². The number of rotatable bonds is 3. The lowest BCUT2D eigenvalue weighted by molar-refractivity contribution is -0.365. The highest BCUT2D eigenvalue weighted by molar-refractivity contribution is 5.52. The van der Waals surface area contributed by atoms with Crippen LogP contribution in [0.1, 0.15) is 11.1 Å². The van der Waals surface area contributed by atoms with Crippen molar-refractivity contribution < 1.29 is 44.3 Å². The minimum atomic E-state index is -6.04. The molecule has 0 bridgehead atoms. The Kier molecular flexibility index (Phi) is 5.02. The largest absolute Gasteiger partial charge is 0.464 e. The van der Waals surface area contributed by atoms with Gasteiger partial charge < -0.3 is 10.5 Å². The molecule has 2 aromatic carbocycles. The van der Waals surface area contributed by atoms with E-state index in [0.717, 1.165) is 12.1 Å². The van der Waals surface area contributed by atoms with Gasteiger partial charge in [0.2, 0.25) is 0 Å². The van der Waals surface area contributed by atoms with Gasteiger partial charge in [0.15, 0.2) is 0 Å². The van der Waals surface area contributed by atoms with Gasteiger partial charge in [0, 0.05) is 11.3 Å². The Morgan fingerprint density at radius 1 is 0.704 bits per heavy atom. The molecule has 0 aliphatic carbocycles. The smallest absolute Gasteiger partial charge is 0.442 e. The first-order chi connectivity index (χ1) is 12.2. The van der Waals surface area contributed by atoms with Crippen LogP contribution in [0.5, 0.6) is 5.75 Å². The molecule has 0 aliphatic rings. The van der Waals surface area contributed by atoms with Crippen molar-refractivity contribution in [3.05, 3.63) is 59.7 Å². The molecule has 11 heteroatoms. The summed E-state index contributed by atoms with van der Waals surface area (Å²) in [7, 11) is 0. The van der Waals surface area contributed by atoms with Crippen LogP contribution in [0.25, 0.3) is 0 Å². The van der Waals surface area contributed by atoms with E-state index in [-0.39, 0.29) is 6.07 Å². The summed E-state index contributed by atoms with van der Waals surface area (Å²) in [4.78, 5) is 0. The Morgan fingerprint density at radius 2 is 1.22 bits per heavy atom. The number of halogens is 9. The summed E-state index contributed by atoms with van der Waals surface area (Å²) < 4.78 is 124. The molecular weight excluding hydrogens is 393 g/mol. The zero-order valence-electron chi connectivity index (χ0n) is 13.0. The van der Waals surface area contributed by atoms with Crippen LogP contribution in [0.2, 0.25) is 0 Å². The van der Waals surface area contributed by atoms with Crippen LogP contribution in [0.15, 0.2) is 48.5 Å². The van der Waals surface area contributed by atoms with Crippen molar-refractivity contribution in [1.29, 1.82) is 0 Å². The summed E-state index contributed by atoms with van der Waals surface area (Å²) in [5.74, 6) is -1.30. The lowest BCUT2D eigenvalue weighted by atomic mass is 9.91. The predicted octanol–water partition coefficient (Wildman–Crippen LogP) is 5.69. The Morgan fingerprint density at radius 3 is 1.67 bits per heavy atom. The third-order valence-electron chi connectivity index (χ3n) is 3.58. The minimum Gasteiger partial charge on any atom is -0.464 e. The van der Waals surface area contributed by atoms with Gasteiger partial charge in [-0.25, -0.2) is 0 Å². The fraction of sp³-hybridized carbons (Fsp3) is 0.250. The highest BCUT2D eigenvalue weighted by Gasteiger charge is 2.74. The molecule has 0 saturated carbocycles. The number of alkyl halides is 9. The van der Waals surface area contributed by atoms with Crippen molar-refractivity contribution in [2.24, 2.45) is 0 Å². The fourth-order valence-corrected chi connectivity index (χ4v) is 2.36. The number of nitrogen functional groups attached to an aromatic ring is 1. The van der Waals surface area contributed by atoms with E-state index in [2.05, 4.69) is 4.74 Å². The molecule has 0 amide bonds. The molecule has 0 atom stereocenters. The van der Waals surface area contributed by atoms with Crippen LogP contribution >= 0.6 is 0 Å². The zero-order chi connectivity index (χ0) is 20.7. The predicted molar refractivity (Wildman–Crippen MR) is 76.7 cm³/mol. The van der Waals surface area contributed by atoms with Gasteiger partial charge >= 0.3 is 24.1 Å². The van der Waals surface area contributed by atoms with E-state index in [1.807, 2.05) is 0 Å². The molecule has 0 radical (unpaired) electrons. The second kappa shape index (κ2) is 6.54. The summed E-state index contributed by atoms with van der Waals surface area (Å²) in [5.41, 5.74) is -3.61. The molecule has 2 aromatic rings. The third-order valence-corrected chi connectivity index (χ3v) is 3.58. The lowest BCUT2D eigenvalue weighted by Gasteiger charge is -2.37. The number of ether oxygens (including phenoxy) is 1. The number of hydrogen-bond donors (Lipinski definition) is 1. The van der Waals surface area contributed by atoms with Gasteiger partial charge in [0.25, 0.3) is 0 Å². The Bertz CT molecular complexity index is 780. The van der Waals surface area contributed by atoms with Crippen molar-refractivity contribution in [3.8, 4) is 5.75 Å². The van der Waals surface area contributed by atoms with Gasteiger partial charge in [-0.05, 0) is 18.2 Å². The monoisotopic (exact) mass is 403 g/mol. The van der Waals surface area contributed by atoms with Gasteiger partial charge in [-0.1, -0.05) is 30.3 Å². The van der Waals surface area contributed by atoms with E-state index >= 15 is 0 Å². The summed E-state index contributed by atoms with van der Waals surface area (Å²) in [6.07, 6.45) is -17.2. The van der Waals surface area contributed by atoms with Crippen LogP contribution in [-0.2, 0) is 11.8 Å². The highest BCUT2D eigenvalue weighted by Crippen LogP contribution is 2.53. The SMILES string of the molecule is Nc1ccc(OC(c2ccccc2)(C(F)(F)F)C(F)(F)F)cc1C(F)(F)F. The van der Waals surface area contributed by atoms with Gasteiger partial charge in [-0.15, -0.1) is 0 Å². The number of benzene rings is 2. The fourth-order valence-electron chi connectivity index (χ4n) is 2.36. The maximum absolute atomic E-state index is 13.6. The summed E-state index contributed by atoms with van der Waals surface area (Å²) in [5, 5.41) is 0. The van der Waals surface area contributed by atoms with E-state index in [1.165, 1.54) is 6.07 Å².